The minimum atomic E-state index is -0.641. The van der Waals surface area contributed by atoms with E-state index in [2.05, 4.69) is 27.8 Å². The summed E-state index contributed by atoms with van der Waals surface area (Å²) in [5, 5.41) is 5.94. The molecule has 1 fully saturated rings. The number of amides is 2. The molecule has 1 aliphatic rings. The molecule has 3 aromatic rings. The van der Waals surface area contributed by atoms with Crippen LogP contribution < -0.4 is 11.1 Å². The van der Waals surface area contributed by atoms with Crippen LogP contribution in [0.25, 0.3) is 10.1 Å². The van der Waals surface area contributed by atoms with Crippen molar-refractivity contribution in [3.63, 3.8) is 0 Å². The van der Waals surface area contributed by atoms with E-state index in [4.69, 9.17) is 5.73 Å². The van der Waals surface area contributed by atoms with Gasteiger partial charge in [-0.25, -0.2) is 4.98 Å². The number of carbonyl (C=O) groups is 2. The molecule has 1 saturated heterocycles. The average Bonchev–Trinajstić information content (AvgIpc) is 3.14. The Morgan fingerprint density at radius 1 is 1.29 bits per heavy atom. The van der Waals surface area contributed by atoms with Crippen LogP contribution in [0, 0.1) is 6.92 Å². The third-order valence-corrected chi connectivity index (χ3v) is 6.19. The Hall–Kier alpha value is -2.93. The largest absolute Gasteiger partial charge is 0.383 e. The van der Waals surface area contributed by atoms with Crippen LogP contribution in [0.15, 0.2) is 41.9 Å². The fraction of sp³-hybridized carbons (Fsp3) is 0.286. The molecule has 0 bridgehead atoms. The number of hydrogen-bond acceptors (Lipinski definition) is 5. The number of benzene rings is 1. The van der Waals surface area contributed by atoms with Crippen LogP contribution in [0.5, 0.6) is 0 Å². The molecule has 1 aliphatic heterocycles. The summed E-state index contributed by atoms with van der Waals surface area (Å²) in [4.78, 5) is 31.3. The Balaban J connectivity index is 1.57. The summed E-state index contributed by atoms with van der Waals surface area (Å²) >= 11 is 1.68. The topological polar surface area (TPSA) is 88.3 Å². The number of aromatic nitrogens is 1. The van der Waals surface area contributed by atoms with E-state index in [1.54, 1.807) is 22.3 Å². The summed E-state index contributed by atoms with van der Waals surface area (Å²) < 4.78 is 1.20. The van der Waals surface area contributed by atoms with Crippen molar-refractivity contribution in [2.24, 2.45) is 0 Å². The predicted molar refractivity (Wildman–Crippen MR) is 112 cm³/mol. The molecule has 1 atom stereocenters. The maximum Gasteiger partial charge on any atom is 0.313 e. The van der Waals surface area contributed by atoms with E-state index in [0.717, 1.165) is 35.8 Å². The van der Waals surface area contributed by atoms with Crippen molar-refractivity contribution in [2.45, 2.75) is 32.2 Å². The van der Waals surface area contributed by atoms with Gasteiger partial charge in [-0.3, -0.25) is 9.59 Å². The van der Waals surface area contributed by atoms with E-state index in [1.807, 2.05) is 19.1 Å². The van der Waals surface area contributed by atoms with Crippen LogP contribution in [0.2, 0.25) is 0 Å². The smallest absolute Gasteiger partial charge is 0.313 e. The van der Waals surface area contributed by atoms with Crippen molar-refractivity contribution in [3.8, 4) is 0 Å². The first-order valence-electron chi connectivity index (χ1n) is 9.35. The van der Waals surface area contributed by atoms with E-state index in [1.165, 1.54) is 10.9 Å². The number of fused-ring (bicyclic) bond motifs is 1. The molecule has 28 heavy (non-hydrogen) atoms. The normalized spacial score (nSPS) is 16.9. The SMILES string of the molecule is Cc1cc(NC(=O)C(=O)N2CCCCC2c2csc3ccccc23)cnc1N. The minimum absolute atomic E-state index is 0.0746. The van der Waals surface area contributed by atoms with Gasteiger partial charge >= 0.3 is 11.8 Å². The van der Waals surface area contributed by atoms with Gasteiger partial charge in [0.05, 0.1) is 17.9 Å². The maximum atomic E-state index is 13.0. The molecule has 2 amide bonds. The first-order valence-corrected chi connectivity index (χ1v) is 10.2. The third kappa shape index (κ3) is 3.45. The van der Waals surface area contributed by atoms with Crippen LogP contribution >= 0.6 is 11.3 Å². The number of pyridine rings is 1. The number of piperidine rings is 1. The van der Waals surface area contributed by atoms with E-state index >= 15 is 0 Å². The van der Waals surface area contributed by atoms with Gasteiger partial charge in [-0.05, 0) is 60.2 Å². The number of likely N-dealkylation sites (tertiary alicyclic amines) is 1. The number of aryl methyl sites for hydroxylation is 1. The highest BCUT2D eigenvalue weighted by molar-refractivity contribution is 7.17. The summed E-state index contributed by atoms with van der Waals surface area (Å²) in [6, 6.07) is 9.84. The van der Waals surface area contributed by atoms with Crippen LogP contribution in [-0.2, 0) is 9.59 Å². The van der Waals surface area contributed by atoms with Crippen LogP contribution in [0.4, 0.5) is 11.5 Å². The standard InChI is InChI=1S/C21H22N4O2S/c1-13-10-14(11-23-19(13)22)24-20(26)21(27)25-9-5-4-7-17(25)16-12-28-18-8-3-2-6-15(16)18/h2-3,6,8,10-12,17H,4-5,7,9H2,1H3,(H2,22,23)(H,24,26). The molecule has 1 aromatic carbocycles. The van der Waals surface area contributed by atoms with E-state index < -0.39 is 11.8 Å². The Labute approximate surface area is 167 Å². The quantitative estimate of drug-likeness (QED) is 0.646. The lowest BCUT2D eigenvalue weighted by molar-refractivity contribution is -0.145. The van der Waals surface area contributed by atoms with Gasteiger partial charge in [0, 0.05) is 11.2 Å². The second-order valence-electron chi connectivity index (χ2n) is 7.08. The molecule has 0 saturated carbocycles. The molecule has 2 aromatic heterocycles. The number of thiophene rings is 1. The lowest BCUT2D eigenvalue weighted by atomic mass is 9.94. The van der Waals surface area contributed by atoms with Gasteiger partial charge in [0.15, 0.2) is 0 Å². The number of nitrogens with zero attached hydrogens (tertiary/aromatic N) is 2. The molecule has 0 spiro atoms. The zero-order valence-electron chi connectivity index (χ0n) is 15.6. The van der Waals surface area contributed by atoms with Gasteiger partial charge in [-0.15, -0.1) is 11.3 Å². The molecule has 144 valence electrons. The summed E-state index contributed by atoms with van der Waals surface area (Å²) in [7, 11) is 0. The number of nitrogens with two attached hydrogens (primary N) is 1. The lowest BCUT2D eigenvalue weighted by Crippen LogP contribution is -2.44. The van der Waals surface area contributed by atoms with Gasteiger partial charge in [0.25, 0.3) is 0 Å². The molecule has 3 N–H and O–H groups in total. The number of nitrogen functional groups attached to an aromatic ring is 1. The maximum absolute atomic E-state index is 13.0. The van der Waals surface area contributed by atoms with Crippen molar-refractivity contribution >= 4 is 44.7 Å². The Morgan fingerprint density at radius 3 is 2.93 bits per heavy atom. The highest BCUT2D eigenvalue weighted by Crippen LogP contribution is 2.38. The third-order valence-electron chi connectivity index (χ3n) is 5.20. The first kappa shape index (κ1) is 18.4. The summed E-state index contributed by atoms with van der Waals surface area (Å²) in [6.07, 6.45) is 4.28. The molecule has 6 nitrogen and oxygen atoms in total. The Morgan fingerprint density at radius 2 is 2.11 bits per heavy atom. The molecule has 0 radical (unpaired) electrons. The van der Waals surface area contributed by atoms with Crippen LogP contribution in [0.3, 0.4) is 0 Å². The van der Waals surface area contributed by atoms with Gasteiger partial charge in [-0.1, -0.05) is 18.2 Å². The fourth-order valence-corrected chi connectivity index (χ4v) is 4.73. The number of anilines is 2. The molecule has 0 aliphatic carbocycles. The summed E-state index contributed by atoms with van der Waals surface area (Å²) in [5.41, 5.74) is 8.07. The Kier molecular flexibility index (Phi) is 5.00. The fourth-order valence-electron chi connectivity index (χ4n) is 3.72. The first-order chi connectivity index (χ1) is 13.5. The zero-order chi connectivity index (χ0) is 19.7. The average molecular weight is 395 g/mol. The molecule has 1 unspecified atom stereocenters. The number of hydrogen-bond donors (Lipinski definition) is 2. The molecule has 7 heteroatoms. The zero-order valence-corrected chi connectivity index (χ0v) is 16.5. The molecular weight excluding hydrogens is 372 g/mol. The summed E-state index contributed by atoms with van der Waals surface area (Å²) in [6.45, 7) is 2.39. The van der Waals surface area contributed by atoms with E-state index in [-0.39, 0.29) is 6.04 Å². The van der Waals surface area contributed by atoms with Gasteiger partial charge in [-0.2, -0.15) is 0 Å². The lowest BCUT2D eigenvalue weighted by Gasteiger charge is -2.35. The van der Waals surface area contributed by atoms with Crippen LogP contribution in [0.1, 0.15) is 36.4 Å². The van der Waals surface area contributed by atoms with Crippen molar-refractivity contribution in [3.05, 3.63) is 53.0 Å². The van der Waals surface area contributed by atoms with E-state index in [0.29, 0.717) is 18.1 Å². The second-order valence-corrected chi connectivity index (χ2v) is 7.99. The molecule has 4 rings (SSSR count). The number of rotatable bonds is 2. The van der Waals surface area contributed by atoms with Gasteiger partial charge < -0.3 is 16.0 Å². The van der Waals surface area contributed by atoms with Gasteiger partial charge in [0.1, 0.15) is 5.82 Å². The highest BCUT2D eigenvalue weighted by Gasteiger charge is 2.33. The van der Waals surface area contributed by atoms with Crippen molar-refractivity contribution in [1.82, 2.24) is 9.88 Å². The van der Waals surface area contributed by atoms with Crippen molar-refractivity contribution < 1.29 is 9.59 Å². The van der Waals surface area contributed by atoms with Crippen molar-refractivity contribution in [2.75, 3.05) is 17.6 Å². The monoisotopic (exact) mass is 394 g/mol. The molecule has 3 heterocycles. The Bertz CT molecular complexity index is 1050. The number of carbonyl (C=O) groups excluding carboxylic acids is 2. The highest BCUT2D eigenvalue weighted by atomic mass is 32.1. The minimum Gasteiger partial charge on any atom is -0.383 e. The van der Waals surface area contributed by atoms with Gasteiger partial charge in [0.2, 0.25) is 0 Å². The second kappa shape index (κ2) is 7.59. The summed E-state index contributed by atoms with van der Waals surface area (Å²) in [5.74, 6) is -0.739. The van der Waals surface area contributed by atoms with Crippen LogP contribution in [-0.4, -0.2) is 28.2 Å². The molecular formula is C21H22N4O2S. The predicted octanol–water partition coefficient (Wildman–Crippen LogP) is 3.88. The number of nitrogens with one attached hydrogen (secondary N) is 1. The van der Waals surface area contributed by atoms with E-state index in [9.17, 15) is 9.59 Å². The van der Waals surface area contributed by atoms with Crippen molar-refractivity contribution in [1.29, 1.82) is 0 Å².